The third kappa shape index (κ3) is 1.70. The Hall–Kier alpha value is 0.943. The summed E-state index contributed by atoms with van der Waals surface area (Å²) in [6, 6.07) is 0. The van der Waals surface area contributed by atoms with E-state index in [9.17, 15) is 0 Å². The summed E-state index contributed by atoms with van der Waals surface area (Å²) in [6.07, 6.45) is 7.52. The molecule has 1 rings (SSSR count). The van der Waals surface area contributed by atoms with Gasteiger partial charge in [-0.2, -0.15) is 0 Å². The van der Waals surface area contributed by atoms with E-state index < -0.39 is 19.3 Å². The second-order valence-electron chi connectivity index (χ2n) is 7.34. The number of alkyl halides is 2. The molecular formula is C11H20Cl2Zr. The van der Waals surface area contributed by atoms with Gasteiger partial charge in [0.25, 0.3) is 0 Å². The maximum atomic E-state index is 6.47. The van der Waals surface area contributed by atoms with Gasteiger partial charge in [0.05, 0.1) is 0 Å². The SMILES string of the molecule is C[C](Cl)(Cl)[Zr]([CH3])([CH3])([CH3])([CH3])[C]1=CC=CC1. The molecule has 0 bridgehead atoms. The van der Waals surface area contributed by atoms with Gasteiger partial charge in [0.1, 0.15) is 0 Å². The van der Waals surface area contributed by atoms with Crippen LogP contribution in [0.5, 0.6) is 0 Å². The van der Waals surface area contributed by atoms with E-state index in [0.29, 0.717) is 0 Å². The van der Waals surface area contributed by atoms with E-state index in [2.05, 4.69) is 36.8 Å². The van der Waals surface area contributed by atoms with E-state index in [4.69, 9.17) is 23.2 Å². The summed E-state index contributed by atoms with van der Waals surface area (Å²) in [5.41, 5.74) is 0. The topological polar surface area (TPSA) is 0 Å². The first kappa shape index (κ1) is 13.0. The molecule has 3 heteroatoms. The van der Waals surface area contributed by atoms with Crippen molar-refractivity contribution in [2.45, 2.75) is 33.9 Å². The van der Waals surface area contributed by atoms with Crippen molar-refractivity contribution in [3.8, 4) is 0 Å². The first-order valence-corrected chi connectivity index (χ1v) is 18.1. The van der Waals surface area contributed by atoms with Crippen molar-refractivity contribution in [3.63, 3.8) is 0 Å². The van der Waals surface area contributed by atoms with Gasteiger partial charge in [-0.25, -0.2) is 0 Å². The van der Waals surface area contributed by atoms with Crippen LogP contribution < -0.4 is 0 Å². The van der Waals surface area contributed by atoms with Crippen LogP contribution in [-0.2, 0) is 17.3 Å². The van der Waals surface area contributed by atoms with E-state index in [1.54, 1.807) is 0 Å². The average molecular weight is 314 g/mol. The quantitative estimate of drug-likeness (QED) is 0.599. The number of allylic oxidation sites excluding steroid dienone is 4. The second-order valence-corrected chi connectivity index (χ2v) is 39.8. The molecule has 0 aliphatic heterocycles. The molecule has 0 N–H and O–H groups in total. The Labute approximate surface area is 95.2 Å². The molecule has 82 valence electrons. The molecule has 14 heavy (non-hydrogen) atoms. The first-order chi connectivity index (χ1) is 5.89. The second kappa shape index (κ2) is 2.79. The summed E-state index contributed by atoms with van der Waals surface area (Å²) in [4.78, 5) is 0. The molecule has 0 amide bonds. The fraction of sp³-hybridized carbons (Fsp3) is 0.636. The van der Waals surface area contributed by atoms with Crippen LogP contribution in [0.3, 0.4) is 0 Å². The number of hydrogen-bond donors (Lipinski definition) is 0. The molecule has 0 aromatic carbocycles. The molecule has 0 heterocycles. The van der Waals surface area contributed by atoms with Crippen LogP contribution in [-0.4, -0.2) is 2.04 Å². The molecular weight excluding hydrogens is 294 g/mol. The molecule has 0 radical (unpaired) electrons. The van der Waals surface area contributed by atoms with E-state index in [-0.39, 0.29) is 0 Å². The minimum atomic E-state index is -3.63. The minimum absolute atomic E-state index is 0.626. The predicted octanol–water partition coefficient (Wildman–Crippen LogP) is 5.40. The fourth-order valence-corrected chi connectivity index (χ4v) is 9.01. The molecule has 0 aromatic heterocycles. The van der Waals surface area contributed by atoms with E-state index >= 15 is 0 Å². The Kier molecular flexibility index (Phi) is 2.59. The van der Waals surface area contributed by atoms with Gasteiger partial charge in [-0.05, 0) is 0 Å². The summed E-state index contributed by atoms with van der Waals surface area (Å²) < 4.78 is 10.1. The Balaban J connectivity index is 3.38. The molecule has 1 aliphatic rings. The van der Waals surface area contributed by atoms with Crippen LogP contribution in [0.4, 0.5) is 0 Å². The van der Waals surface area contributed by atoms with Crippen LogP contribution >= 0.6 is 23.2 Å². The normalized spacial score (nSPS) is 22.9. The van der Waals surface area contributed by atoms with Gasteiger partial charge in [-0.3, -0.25) is 0 Å². The van der Waals surface area contributed by atoms with E-state index in [1.165, 1.54) is 3.28 Å². The molecule has 1 aliphatic carbocycles. The Bertz CT molecular complexity index is 321. The molecule has 0 saturated carbocycles. The molecule has 0 atom stereocenters. The van der Waals surface area contributed by atoms with Crippen LogP contribution in [0.15, 0.2) is 21.5 Å². The van der Waals surface area contributed by atoms with Gasteiger partial charge >= 0.3 is 95.9 Å². The Morgan fingerprint density at radius 3 is 2.00 bits per heavy atom. The zero-order chi connectivity index (χ0) is 11.3. The Morgan fingerprint density at radius 1 is 1.21 bits per heavy atom. The predicted molar refractivity (Wildman–Crippen MR) is 65.4 cm³/mol. The monoisotopic (exact) mass is 312 g/mol. The van der Waals surface area contributed by atoms with Crippen LogP contribution in [0.2, 0.25) is 18.5 Å². The van der Waals surface area contributed by atoms with Gasteiger partial charge < -0.3 is 0 Å². The zero-order valence-corrected chi connectivity index (χ0v) is 13.7. The van der Waals surface area contributed by atoms with Crippen molar-refractivity contribution in [1.29, 1.82) is 0 Å². The number of halogens is 2. The van der Waals surface area contributed by atoms with E-state index in [0.717, 1.165) is 6.42 Å². The summed E-state index contributed by atoms with van der Waals surface area (Å²) in [5.74, 6) is 0. The van der Waals surface area contributed by atoms with E-state index in [1.807, 2.05) is 6.92 Å². The standard InChI is InChI=1S/C5H5.C2H3Cl2.4CH3.Zr/c1-2-4-5-3-1;1-2(3)4;;;;;/h1-3H,4H2;1H3;4*1H3;. The summed E-state index contributed by atoms with van der Waals surface area (Å²) in [7, 11) is 0. The van der Waals surface area contributed by atoms with Crippen molar-refractivity contribution in [2.75, 3.05) is 0 Å². The third-order valence-electron chi connectivity index (χ3n) is 4.19. The number of rotatable bonds is 2. The zero-order valence-electron chi connectivity index (χ0n) is 9.70. The molecule has 0 saturated heterocycles. The van der Waals surface area contributed by atoms with Gasteiger partial charge in [-0.1, -0.05) is 0 Å². The summed E-state index contributed by atoms with van der Waals surface area (Å²) in [5, 5.41) is 0. The van der Waals surface area contributed by atoms with Crippen LogP contribution in [0, 0.1) is 0 Å². The van der Waals surface area contributed by atoms with Gasteiger partial charge in [-0.15, -0.1) is 0 Å². The van der Waals surface area contributed by atoms with Crippen molar-refractivity contribution in [2.24, 2.45) is 0 Å². The average Bonchev–Trinajstić information content (AvgIpc) is 2.30. The third-order valence-corrected chi connectivity index (χ3v) is 32.0. The van der Waals surface area contributed by atoms with Crippen molar-refractivity contribution in [1.82, 2.24) is 0 Å². The molecule has 0 aromatic rings. The fourth-order valence-electron chi connectivity index (χ4n) is 1.56. The molecule has 0 unspecified atom stereocenters. The molecule has 0 spiro atoms. The summed E-state index contributed by atoms with van der Waals surface area (Å²) in [6.45, 7) is 1.95. The van der Waals surface area contributed by atoms with Crippen LogP contribution in [0.1, 0.15) is 13.3 Å². The first-order valence-electron chi connectivity index (χ1n) is 5.10. The summed E-state index contributed by atoms with van der Waals surface area (Å²) >= 11 is 9.31. The van der Waals surface area contributed by atoms with Crippen LogP contribution in [0.25, 0.3) is 0 Å². The van der Waals surface area contributed by atoms with Gasteiger partial charge in [0.15, 0.2) is 0 Å². The van der Waals surface area contributed by atoms with Crippen molar-refractivity contribution < 1.29 is 17.3 Å². The maximum absolute atomic E-state index is 6.47. The number of hydrogen-bond acceptors (Lipinski definition) is 0. The van der Waals surface area contributed by atoms with Gasteiger partial charge in [0.2, 0.25) is 0 Å². The molecule has 0 fully saturated rings. The van der Waals surface area contributed by atoms with Crippen molar-refractivity contribution in [3.05, 3.63) is 21.5 Å². The Morgan fingerprint density at radius 2 is 1.71 bits per heavy atom. The molecule has 0 nitrogen and oxygen atoms in total. The van der Waals surface area contributed by atoms with Crippen molar-refractivity contribution >= 4 is 23.2 Å². The van der Waals surface area contributed by atoms with Gasteiger partial charge in [0, 0.05) is 0 Å².